The molecule has 3 rings (SSSR count). The van der Waals surface area contributed by atoms with E-state index in [0.29, 0.717) is 17.7 Å². The van der Waals surface area contributed by atoms with Crippen LogP contribution in [0, 0.1) is 0 Å². The number of nitrogens with zero attached hydrogens (tertiary/aromatic N) is 1. The molecule has 0 aliphatic carbocycles. The Hall–Kier alpha value is -1.46. The number of hydrogen-bond acceptors (Lipinski definition) is 2. The average molecular weight is 395 g/mol. The molecule has 2 aromatic carbocycles. The fourth-order valence-electron chi connectivity index (χ4n) is 2.19. The summed E-state index contributed by atoms with van der Waals surface area (Å²) in [6, 6.07) is 12.8. The largest absolute Gasteiger partial charge is 0.270 e. The fourth-order valence-corrected chi connectivity index (χ4v) is 2.88. The van der Waals surface area contributed by atoms with Crippen LogP contribution in [0.1, 0.15) is 26.3 Å². The predicted molar refractivity (Wildman–Crippen MR) is 82.5 cm³/mol. The summed E-state index contributed by atoms with van der Waals surface area (Å²) < 4.78 is 1.53. The molecule has 1 heterocycles. The van der Waals surface area contributed by atoms with E-state index in [4.69, 9.17) is 0 Å². The monoisotopic (exact) mass is 393 g/mol. The number of benzene rings is 2. The quantitative estimate of drug-likeness (QED) is 0.721. The Labute approximate surface area is 132 Å². The summed E-state index contributed by atoms with van der Waals surface area (Å²) in [7, 11) is 0. The fraction of sp³-hybridized carbons (Fsp3) is 0.0667. The van der Waals surface area contributed by atoms with Crippen LogP contribution in [0.5, 0.6) is 0 Å². The van der Waals surface area contributed by atoms with E-state index >= 15 is 0 Å². The van der Waals surface area contributed by atoms with Crippen LogP contribution in [0.25, 0.3) is 0 Å². The molecule has 0 bridgehead atoms. The summed E-state index contributed by atoms with van der Waals surface area (Å²) in [5.41, 5.74) is 1.82. The van der Waals surface area contributed by atoms with Gasteiger partial charge in [0.1, 0.15) is 0 Å². The zero-order valence-corrected chi connectivity index (χ0v) is 13.4. The van der Waals surface area contributed by atoms with E-state index < -0.39 is 0 Å². The molecule has 0 saturated carbocycles. The lowest BCUT2D eigenvalue weighted by Gasteiger charge is -2.13. The van der Waals surface area contributed by atoms with E-state index in [0.717, 1.165) is 14.5 Å². The lowest BCUT2D eigenvalue weighted by Crippen LogP contribution is -2.29. The molecule has 1 aliphatic rings. The van der Waals surface area contributed by atoms with Gasteiger partial charge in [-0.15, -0.1) is 0 Å². The molecule has 0 saturated heterocycles. The Morgan fingerprint density at radius 1 is 0.850 bits per heavy atom. The zero-order valence-electron chi connectivity index (χ0n) is 10.3. The van der Waals surface area contributed by atoms with Gasteiger partial charge in [-0.05, 0) is 49.6 Å². The highest BCUT2D eigenvalue weighted by molar-refractivity contribution is 9.13. The smallest absolute Gasteiger partial charge is 0.261 e. The van der Waals surface area contributed by atoms with Gasteiger partial charge in [-0.1, -0.05) is 30.3 Å². The van der Waals surface area contributed by atoms with E-state index in [1.807, 2.05) is 30.3 Å². The minimum Gasteiger partial charge on any atom is -0.270 e. The second-order valence-electron chi connectivity index (χ2n) is 4.49. The molecule has 2 amide bonds. The minimum absolute atomic E-state index is 0.248. The van der Waals surface area contributed by atoms with Gasteiger partial charge in [0, 0.05) is 8.95 Å². The average Bonchev–Trinajstić information content (AvgIpc) is 2.66. The first-order valence-corrected chi connectivity index (χ1v) is 7.55. The van der Waals surface area contributed by atoms with Crippen molar-refractivity contribution in [2.24, 2.45) is 0 Å². The number of carbonyl (C=O) groups is 2. The maximum absolute atomic E-state index is 12.3. The molecular weight excluding hydrogens is 386 g/mol. The molecule has 1 aliphatic heterocycles. The summed E-state index contributed by atoms with van der Waals surface area (Å²) in [4.78, 5) is 26.0. The van der Waals surface area contributed by atoms with Crippen molar-refractivity contribution in [2.45, 2.75) is 6.54 Å². The first-order valence-electron chi connectivity index (χ1n) is 5.97. The van der Waals surface area contributed by atoms with Crippen molar-refractivity contribution in [2.75, 3.05) is 0 Å². The van der Waals surface area contributed by atoms with E-state index in [2.05, 4.69) is 31.9 Å². The molecule has 0 atom stereocenters. The summed E-state index contributed by atoms with van der Waals surface area (Å²) in [6.45, 7) is 0.294. The number of fused-ring (bicyclic) bond motifs is 1. The van der Waals surface area contributed by atoms with Gasteiger partial charge >= 0.3 is 0 Å². The lowest BCUT2D eigenvalue weighted by molar-refractivity contribution is 0.0642. The number of carbonyl (C=O) groups excluding carboxylic acids is 2. The normalized spacial score (nSPS) is 13.8. The van der Waals surface area contributed by atoms with Crippen molar-refractivity contribution in [3.05, 3.63) is 68.1 Å². The van der Waals surface area contributed by atoms with Crippen LogP contribution < -0.4 is 0 Å². The van der Waals surface area contributed by atoms with E-state index in [1.165, 1.54) is 4.90 Å². The van der Waals surface area contributed by atoms with Crippen molar-refractivity contribution < 1.29 is 9.59 Å². The molecule has 0 spiro atoms. The third-order valence-electron chi connectivity index (χ3n) is 3.20. The topological polar surface area (TPSA) is 37.4 Å². The Morgan fingerprint density at radius 2 is 1.35 bits per heavy atom. The molecular formula is C15H9Br2NO2. The van der Waals surface area contributed by atoms with E-state index in [9.17, 15) is 9.59 Å². The maximum atomic E-state index is 12.3. The van der Waals surface area contributed by atoms with Crippen molar-refractivity contribution in [3.8, 4) is 0 Å². The van der Waals surface area contributed by atoms with Crippen molar-refractivity contribution in [3.63, 3.8) is 0 Å². The molecule has 3 nitrogen and oxygen atoms in total. The zero-order chi connectivity index (χ0) is 14.3. The molecule has 5 heteroatoms. The van der Waals surface area contributed by atoms with Crippen LogP contribution in [0.2, 0.25) is 0 Å². The number of hydrogen-bond donors (Lipinski definition) is 0. The van der Waals surface area contributed by atoms with Crippen molar-refractivity contribution in [1.29, 1.82) is 0 Å². The van der Waals surface area contributed by atoms with Gasteiger partial charge in [0.2, 0.25) is 0 Å². The first-order chi connectivity index (χ1) is 9.58. The highest BCUT2D eigenvalue weighted by Gasteiger charge is 2.36. The van der Waals surface area contributed by atoms with Crippen LogP contribution in [-0.2, 0) is 6.54 Å². The van der Waals surface area contributed by atoms with Crippen molar-refractivity contribution in [1.82, 2.24) is 4.90 Å². The van der Waals surface area contributed by atoms with Crippen LogP contribution in [0.4, 0.5) is 0 Å². The SMILES string of the molecule is O=C1c2cc(Br)c(Br)cc2C(=O)N1Cc1ccccc1. The molecule has 0 aromatic heterocycles. The van der Waals surface area contributed by atoms with Crippen molar-refractivity contribution >= 4 is 43.7 Å². The van der Waals surface area contributed by atoms with Crippen LogP contribution >= 0.6 is 31.9 Å². The number of amides is 2. The Kier molecular flexibility index (Phi) is 3.48. The third kappa shape index (κ3) is 2.21. The number of imide groups is 1. The van der Waals surface area contributed by atoms with E-state index in [1.54, 1.807) is 12.1 Å². The standard InChI is InChI=1S/C15H9Br2NO2/c16-12-6-10-11(7-13(12)17)15(20)18(14(10)19)8-9-4-2-1-3-5-9/h1-7H,8H2. The van der Waals surface area contributed by atoms with E-state index in [-0.39, 0.29) is 11.8 Å². The Bertz CT molecular complexity index is 672. The minimum atomic E-state index is -0.248. The Balaban J connectivity index is 1.97. The molecule has 20 heavy (non-hydrogen) atoms. The summed E-state index contributed by atoms with van der Waals surface area (Å²) in [6.07, 6.45) is 0. The molecule has 0 unspecified atom stereocenters. The van der Waals surface area contributed by atoms with Gasteiger partial charge in [-0.2, -0.15) is 0 Å². The Morgan fingerprint density at radius 3 is 1.85 bits per heavy atom. The van der Waals surface area contributed by atoms with Crippen LogP contribution in [0.3, 0.4) is 0 Å². The molecule has 100 valence electrons. The van der Waals surface area contributed by atoms with Crippen LogP contribution in [0.15, 0.2) is 51.4 Å². The first kappa shape index (κ1) is 13.5. The van der Waals surface area contributed by atoms with Crippen LogP contribution in [-0.4, -0.2) is 16.7 Å². The second-order valence-corrected chi connectivity index (χ2v) is 6.20. The summed E-state index contributed by atoms with van der Waals surface area (Å²) >= 11 is 6.71. The molecule has 0 fully saturated rings. The second kappa shape index (κ2) is 5.14. The molecule has 2 aromatic rings. The van der Waals surface area contributed by atoms with Gasteiger partial charge < -0.3 is 0 Å². The number of halogens is 2. The third-order valence-corrected chi connectivity index (χ3v) is 5.04. The van der Waals surface area contributed by atoms with Gasteiger partial charge in [-0.25, -0.2) is 0 Å². The lowest BCUT2D eigenvalue weighted by atomic mass is 10.1. The van der Waals surface area contributed by atoms with Gasteiger partial charge in [0.25, 0.3) is 11.8 Å². The van der Waals surface area contributed by atoms with Gasteiger partial charge in [0.15, 0.2) is 0 Å². The highest BCUT2D eigenvalue weighted by atomic mass is 79.9. The van der Waals surface area contributed by atoms with Gasteiger partial charge in [-0.3, -0.25) is 14.5 Å². The summed E-state index contributed by atoms with van der Waals surface area (Å²) in [5, 5.41) is 0. The summed E-state index contributed by atoms with van der Waals surface area (Å²) in [5.74, 6) is -0.496. The number of rotatable bonds is 2. The maximum Gasteiger partial charge on any atom is 0.261 e. The molecule has 0 radical (unpaired) electrons. The molecule has 0 N–H and O–H groups in total. The van der Waals surface area contributed by atoms with Gasteiger partial charge in [0.05, 0.1) is 17.7 Å². The highest BCUT2D eigenvalue weighted by Crippen LogP contribution is 2.32. The predicted octanol–water partition coefficient (Wildman–Crippen LogP) is 4.01.